The van der Waals surface area contributed by atoms with Crippen LogP contribution in [0.25, 0.3) is 0 Å². The summed E-state index contributed by atoms with van der Waals surface area (Å²) in [7, 11) is 0. The SMILES string of the molecule is NCC(Oc1cncc(Br)c1)c1cccnc1. The second kappa shape index (κ2) is 5.75. The van der Waals surface area contributed by atoms with E-state index in [1.54, 1.807) is 24.8 Å². The van der Waals surface area contributed by atoms with Gasteiger partial charge in [-0.15, -0.1) is 0 Å². The van der Waals surface area contributed by atoms with E-state index in [0.717, 1.165) is 10.0 Å². The first-order valence-corrected chi connectivity index (χ1v) is 5.96. The Morgan fingerprint density at radius 2 is 2.18 bits per heavy atom. The van der Waals surface area contributed by atoms with Gasteiger partial charge in [-0.05, 0) is 28.1 Å². The lowest BCUT2D eigenvalue weighted by Crippen LogP contribution is -2.18. The molecule has 0 bridgehead atoms. The Bertz CT molecular complexity index is 478. The van der Waals surface area contributed by atoms with Gasteiger partial charge in [0, 0.05) is 35.2 Å². The maximum absolute atomic E-state index is 5.77. The Hall–Kier alpha value is -1.46. The third-order valence-electron chi connectivity index (χ3n) is 2.23. The van der Waals surface area contributed by atoms with Crippen LogP contribution in [0.2, 0.25) is 0 Å². The molecule has 0 aliphatic heterocycles. The molecule has 2 heterocycles. The van der Waals surface area contributed by atoms with E-state index < -0.39 is 0 Å². The lowest BCUT2D eigenvalue weighted by molar-refractivity contribution is 0.213. The summed E-state index contributed by atoms with van der Waals surface area (Å²) in [4.78, 5) is 8.09. The monoisotopic (exact) mass is 293 g/mol. The van der Waals surface area contributed by atoms with Gasteiger partial charge in [-0.25, -0.2) is 0 Å². The molecule has 2 rings (SSSR count). The molecule has 0 saturated carbocycles. The van der Waals surface area contributed by atoms with Gasteiger partial charge in [0.15, 0.2) is 0 Å². The Morgan fingerprint density at radius 3 is 2.82 bits per heavy atom. The third kappa shape index (κ3) is 3.25. The number of nitrogens with zero attached hydrogens (tertiary/aromatic N) is 2. The quantitative estimate of drug-likeness (QED) is 0.940. The molecule has 0 aromatic carbocycles. The molecule has 0 aliphatic carbocycles. The zero-order chi connectivity index (χ0) is 12.1. The molecule has 0 amide bonds. The van der Waals surface area contributed by atoms with Crippen molar-refractivity contribution < 1.29 is 4.74 Å². The summed E-state index contributed by atoms with van der Waals surface area (Å²) in [6, 6.07) is 5.66. The number of halogens is 1. The van der Waals surface area contributed by atoms with Crippen molar-refractivity contribution in [3.63, 3.8) is 0 Å². The largest absolute Gasteiger partial charge is 0.483 e. The highest BCUT2D eigenvalue weighted by Gasteiger charge is 2.11. The van der Waals surface area contributed by atoms with E-state index in [0.29, 0.717) is 12.3 Å². The summed E-state index contributed by atoms with van der Waals surface area (Å²) in [5.41, 5.74) is 6.66. The van der Waals surface area contributed by atoms with Gasteiger partial charge >= 0.3 is 0 Å². The number of rotatable bonds is 4. The van der Waals surface area contributed by atoms with Crippen LogP contribution in [0.15, 0.2) is 47.5 Å². The third-order valence-corrected chi connectivity index (χ3v) is 2.66. The highest BCUT2D eigenvalue weighted by molar-refractivity contribution is 9.10. The number of pyridine rings is 2. The molecule has 1 atom stereocenters. The molecule has 88 valence electrons. The molecule has 0 aliphatic rings. The van der Waals surface area contributed by atoms with Gasteiger partial charge in [0.25, 0.3) is 0 Å². The van der Waals surface area contributed by atoms with Gasteiger partial charge in [-0.1, -0.05) is 6.07 Å². The van der Waals surface area contributed by atoms with Crippen LogP contribution in [0.5, 0.6) is 5.75 Å². The van der Waals surface area contributed by atoms with Gasteiger partial charge < -0.3 is 10.5 Å². The van der Waals surface area contributed by atoms with Crippen LogP contribution in [0, 0.1) is 0 Å². The highest BCUT2D eigenvalue weighted by atomic mass is 79.9. The first-order chi connectivity index (χ1) is 8.29. The minimum atomic E-state index is -0.209. The summed E-state index contributed by atoms with van der Waals surface area (Å²) >= 11 is 3.34. The molecule has 0 saturated heterocycles. The van der Waals surface area contributed by atoms with Crippen molar-refractivity contribution in [2.24, 2.45) is 5.73 Å². The van der Waals surface area contributed by atoms with Crippen molar-refractivity contribution in [1.29, 1.82) is 0 Å². The molecule has 4 nitrogen and oxygen atoms in total. The smallest absolute Gasteiger partial charge is 0.139 e. The van der Waals surface area contributed by atoms with Crippen LogP contribution in [-0.4, -0.2) is 16.5 Å². The molecule has 0 fully saturated rings. The molecule has 2 N–H and O–H groups in total. The normalized spacial score (nSPS) is 12.1. The topological polar surface area (TPSA) is 61.0 Å². The lowest BCUT2D eigenvalue weighted by atomic mass is 10.1. The fourth-order valence-electron chi connectivity index (χ4n) is 1.44. The van der Waals surface area contributed by atoms with Gasteiger partial charge in [0.1, 0.15) is 11.9 Å². The van der Waals surface area contributed by atoms with Crippen LogP contribution in [-0.2, 0) is 0 Å². The predicted molar refractivity (Wildman–Crippen MR) is 68.6 cm³/mol. The summed E-state index contributed by atoms with van der Waals surface area (Å²) in [6.07, 6.45) is 6.62. The zero-order valence-corrected chi connectivity index (χ0v) is 10.7. The molecular formula is C12H12BrN3O. The number of nitrogens with two attached hydrogens (primary N) is 1. The van der Waals surface area contributed by atoms with Crippen LogP contribution in [0.3, 0.4) is 0 Å². The average molecular weight is 294 g/mol. The summed E-state index contributed by atoms with van der Waals surface area (Å²) in [5, 5.41) is 0. The van der Waals surface area contributed by atoms with Gasteiger partial charge in [-0.3, -0.25) is 9.97 Å². The Labute approximate surface area is 108 Å². The van der Waals surface area contributed by atoms with Crippen molar-refractivity contribution in [1.82, 2.24) is 9.97 Å². The van der Waals surface area contributed by atoms with Crippen LogP contribution in [0.4, 0.5) is 0 Å². The molecule has 0 radical (unpaired) electrons. The van der Waals surface area contributed by atoms with Crippen molar-refractivity contribution >= 4 is 15.9 Å². The first-order valence-electron chi connectivity index (χ1n) is 5.17. The van der Waals surface area contributed by atoms with E-state index in [9.17, 15) is 0 Å². The van der Waals surface area contributed by atoms with E-state index >= 15 is 0 Å². The van der Waals surface area contributed by atoms with E-state index in [1.807, 2.05) is 18.2 Å². The Morgan fingerprint density at radius 1 is 1.29 bits per heavy atom. The standard InChI is InChI=1S/C12H12BrN3O/c13-10-4-11(8-16-7-10)17-12(5-14)9-2-1-3-15-6-9/h1-4,6-8,12H,5,14H2. The van der Waals surface area contributed by atoms with Gasteiger partial charge in [0.05, 0.1) is 6.20 Å². The van der Waals surface area contributed by atoms with Gasteiger partial charge in [-0.2, -0.15) is 0 Å². The van der Waals surface area contributed by atoms with E-state index in [-0.39, 0.29) is 6.10 Å². The number of hydrogen-bond acceptors (Lipinski definition) is 4. The van der Waals surface area contributed by atoms with Crippen molar-refractivity contribution in [3.05, 3.63) is 53.0 Å². The van der Waals surface area contributed by atoms with Crippen molar-refractivity contribution in [3.8, 4) is 5.75 Å². The minimum Gasteiger partial charge on any atom is -0.483 e. The Kier molecular flexibility index (Phi) is 4.06. The van der Waals surface area contributed by atoms with Crippen molar-refractivity contribution in [2.45, 2.75) is 6.10 Å². The molecular weight excluding hydrogens is 282 g/mol. The van der Waals surface area contributed by atoms with E-state index in [4.69, 9.17) is 10.5 Å². The summed E-state index contributed by atoms with van der Waals surface area (Å²) in [6.45, 7) is 0.387. The van der Waals surface area contributed by atoms with Crippen LogP contribution in [0.1, 0.15) is 11.7 Å². The molecule has 5 heteroatoms. The van der Waals surface area contributed by atoms with Gasteiger partial charge in [0.2, 0.25) is 0 Å². The van der Waals surface area contributed by atoms with E-state index in [2.05, 4.69) is 25.9 Å². The Balaban J connectivity index is 2.16. The number of ether oxygens (including phenoxy) is 1. The second-order valence-corrected chi connectivity index (χ2v) is 4.38. The van der Waals surface area contributed by atoms with E-state index in [1.165, 1.54) is 0 Å². The highest BCUT2D eigenvalue weighted by Crippen LogP contribution is 2.22. The fourth-order valence-corrected chi connectivity index (χ4v) is 1.78. The minimum absolute atomic E-state index is 0.209. The summed E-state index contributed by atoms with van der Waals surface area (Å²) < 4.78 is 6.65. The second-order valence-electron chi connectivity index (χ2n) is 3.47. The fraction of sp³-hybridized carbons (Fsp3) is 0.167. The predicted octanol–water partition coefficient (Wildman–Crippen LogP) is 2.32. The number of aromatic nitrogens is 2. The van der Waals surface area contributed by atoms with Crippen molar-refractivity contribution in [2.75, 3.05) is 6.54 Å². The molecule has 2 aromatic rings. The first kappa shape index (κ1) is 12.0. The maximum Gasteiger partial charge on any atom is 0.139 e. The summed E-state index contributed by atoms with van der Waals surface area (Å²) in [5.74, 6) is 0.679. The molecule has 17 heavy (non-hydrogen) atoms. The van der Waals surface area contributed by atoms with Crippen LogP contribution >= 0.6 is 15.9 Å². The maximum atomic E-state index is 5.77. The average Bonchev–Trinajstić information content (AvgIpc) is 2.37. The molecule has 1 unspecified atom stereocenters. The number of hydrogen-bond donors (Lipinski definition) is 1. The van der Waals surface area contributed by atoms with Crippen LogP contribution < -0.4 is 10.5 Å². The molecule has 2 aromatic heterocycles. The lowest BCUT2D eigenvalue weighted by Gasteiger charge is -2.17. The zero-order valence-electron chi connectivity index (χ0n) is 9.08. The molecule has 0 spiro atoms.